The molecule has 2 atom stereocenters. The molecule has 0 aromatic heterocycles. The molecule has 0 aromatic carbocycles. The van der Waals surface area contributed by atoms with Gasteiger partial charge in [-0.25, -0.2) is 0 Å². The van der Waals surface area contributed by atoms with Gasteiger partial charge in [-0.1, -0.05) is 0 Å². The van der Waals surface area contributed by atoms with E-state index in [2.05, 4.69) is 31.1 Å². The van der Waals surface area contributed by atoms with Crippen LogP contribution in [-0.2, 0) is 9.47 Å². The van der Waals surface area contributed by atoms with E-state index in [1.54, 1.807) is 7.11 Å². The van der Waals surface area contributed by atoms with E-state index in [4.69, 9.17) is 15.2 Å². The lowest BCUT2D eigenvalue weighted by atomic mass is 9.97. The quantitative estimate of drug-likeness (QED) is 0.566. The third-order valence-electron chi connectivity index (χ3n) is 2.74. The van der Waals surface area contributed by atoms with Crippen molar-refractivity contribution in [1.29, 1.82) is 0 Å². The number of nitrogens with one attached hydrogen (secondary N) is 1. The summed E-state index contributed by atoms with van der Waals surface area (Å²) in [5, 5.41) is 3.15. The Morgan fingerprint density at radius 2 is 2.24 bits per heavy atom. The van der Waals surface area contributed by atoms with Crippen LogP contribution < -0.4 is 11.1 Å². The number of nitrogens with two attached hydrogens (primary N) is 1. The zero-order valence-corrected chi connectivity index (χ0v) is 11.3. The summed E-state index contributed by atoms with van der Waals surface area (Å²) in [6, 6.07) is 0. The molecule has 0 bridgehead atoms. The average Bonchev–Trinajstić information content (AvgIpc) is 2.24. The number of methoxy groups -OCH3 is 1. The number of hydrogen-bond donors (Lipinski definition) is 2. The molecule has 0 aliphatic carbocycles. The predicted octanol–water partition coefficient (Wildman–Crippen LogP) is 0.741. The van der Waals surface area contributed by atoms with E-state index in [1.165, 1.54) is 0 Å². The Morgan fingerprint density at radius 1 is 1.53 bits per heavy atom. The highest BCUT2D eigenvalue weighted by Gasteiger charge is 2.25. The standard InChI is InChI=1S/C12H25N3O2/c1-12(2,3)15-11(13)14-7-9-5-6-17-8-10(9)16-4/h9-10H,5-8H2,1-4H3,(H3,13,14,15). The highest BCUT2D eigenvalue weighted by molar-refractivity contribution is 5.78. The zero-order valence-electron chi connectivity index (χ0n) is 11.3. The molecular weight excluding hydrogens is 218 g/mol. The number of nitrogens with zero attached hydrogens (tertiary/aromatic N) is 1. The molecule has 1 fully saturated rings. The molecule has 0 radical (unpaired) electrons. The number of rotatable bonds is 3. The highest BCUT2D eigenvalue weighted by Crippen LogP contribution is 2.18. The Kier molecular flexibility index (Phi) is 5.21. The molecule has 3 N–H and O–H groups in total. The zero-order chi connectivity index (χ0) is 12.9. The minimum atomic E-state index is -0.0517. The SMILES string of the molecule is COC1COCCC1CN=C(N)NC(C)(C)C. The van der Waals surface area contributed by atoms with E-state index in [9.17, 15) is 0 Å². The van der Waals surface area contributed by atoms with Crippen LogP contribution in [0, 0.1) is 5.92 Å². The smallest absolute Gasteiger partial charge is 0.188 e. The van der Waals surface area contributed by atoms with Crippen molar-refractivity contribution >= 4 is 5.96 Å². The van der Waals surface area contributed by atoms with Gasteiger partial charge in [0.25, 0.3) is 0 Å². The van der Waals surface area contributed by atoms with Crippen LogP contribution in [0.1, 0.15) is 27.2 Å². The van der Waals surface area contributed by atoms with E-state index in [1.807, 2.05) is 0 Å². The molecule has 5 heteroatoms. The molecule has 17 heavy (non-hydrogen) atoms. The lowest BCUT2D eigenvalue weighted by molar-refractivity contribution is -0.0624. The van der Waals surface area contributed by atoms with Gasteiger partial charge >= 0.3 is 0 Å². The van der Waals surface area contributed by atoms with E-state index in [0.717, 1.165) is 13.0 Å². The maximum Gasteiger partial charge on any atom is 0.188 e. The van der Waals surface area contributed by atoms with Crippen LogP contribution in [-0.4, -0.2) is 44.5 Å². The fourth-order valence-electron chi connectivity index (χ4n) is 1.86. The molecule has 1 saturated heterocycles. The van der Waals surface area contributed by atoms with Crippen molar-refractivity contribution in [1.82, 2.24) is 5.32 Å². The Hall–Kier alpha value is -0.810. The second kappa shape index (κ2) is 6.21. The van der Waals surface area contributed by atoms with Gasteiger partial charge in [0.1, 0.15) is 0 Å². The van der Waals surface area contributed by atoms with Crippen molar-refractivity contribution in [2.24, 2.45) is 16.6 Å². The lowest BCUT2D eigenvalue weighted by Crippen LogP contribution is -2.45. The topological polar surface area (TPSA) is 68.9 Å². The number of guanidine groups is 1. The van der Waals surface area contributed by atoms with Crippen molar-refractivity contribution < 1.29 is 9.47 Å². The molecule has 100 valence electrons. The summed E-state index contributed by atoms with van der Waals surface area (Å²) in [6.45, 7) is 8.30. The van der Waals surface area contributed by atoms with Gasteiger partial charge in [0.2, 0.25) is 0 Å². The maximum atomic E-state index is 5.83. The molecule has 0 amide bonds. The minimum Gasteiger partial charge on any atom is -0.379 e. The van der Waals surface area contributed by atoms with Gasteiger partial charge in [-0.05, 0) is 27.2 Å². The van der Waals surface area contributed by atoms with Gasteiger partial charge < -0.3 is 20.5 Å². The largest absolute Gasteiger partial charge is 0.379 e. The molecule has 0 spiro atoms. The minimum absolute atomic E-state index is 0.0517. The van der Waals surface area contributed by atoms with Crippen molar-refractivity contribution in [2.75, 3.05) is 26.9 Å². The Bertz CT molecular complexity index is 261. The fraction of sp³-hybridized carbons (Fsp3) is 0.917. The summed E-state index contributed by atoms with van der Waals surface area (Å²) in [6.07, 6.45) is 1.11. The molecule has 0 saturated carbocycles. The van der Waals surface area contributed by atoms with Crippen molar-refractivity contribution in [3.8, 4) is 0 Å². The highest BCUT2D eigenvalue weighted by atomic mass is 16.5. The second-order valence-corrected chi connectivity index (χ2v) is 5.50. The van der Waals surface area contributed by atoms with E-state index >= 15 is 0 Å². The summed E-state index contributed by atoms with van der Waals surface area (Å²) in [4.78, 5) is 4.38. The van der Waals surface area contributed by atoms with Crippen molar-refractivity contribution in [2.45, 2.75) is 38.8 Å². The van der Waals surface area contributed by atoms with Gasteiger partial charge in [-0.2, -0.15) is 0 Å². The van der Waals surface area contributed by atoms with Gasteiger partial charge in [0.05, 0.1) is 12.7 Å². The predicted molar refractivity (Wildman–Crippen MR) is 69.1 cm³/mol. The maximum absolute atomic E-state index is 5.83. The van der Waals surface area contributed by atoms with Crippen LogP contribution in [0.25, 0.3) is 0 Å². The first-order chi connectivity index (χ1) is 7.92. The summed E-state index contributed by atoms with van der Waals surface area (Å²) in [5.41, 5.74) is 5.78. The second-order valence-electron chi connectivity index (χ2n) is 5.50. The van der Waals surface area contributed by atoms with E-state index < -0.39 is 0 Å². The molecule has 1 rings (SSSR count). The Labute approximate surface area is 104 Å². The van der Waals surface area contributed by atoms with E-state index in [0.29, 0.717) is 25.0 Å². The first-order valence-corrected chi connectivity index (χ1v) is 6.11. The van der Waals surface area contributed by atoms with Gasteiger partial charge in [0.15, 0.2) is 5.96 Å². The first-order valence-electron chi connectivity index (χ1n) is 6.11. The lowest BCUT2D eigenvalue weighted by Gasteiger charge is -2.29. The van der Waals surface area contributed by atoms with Crippen LogP contribution in [0.4, 0.5) is 0 Å². The van der Waals surface area contributed by atoms with Crippen LogP contribution in [0.5, 0.6) is 0 Å². The molecule has 0 aromatic rings. The van der Waals surface area contributed by atoms with Crippen LogP contribution in [0.15, 0.2) is 4.99 Å². The first kappa shape index (κ1) is 14.3. The summed E-state index contributed by atoms with van der Waals surface area (Å²) >= 11 is 0. The molecule has 1 heterocycles. The van der Waals surface area contributed by atoms with Gasteiger partial charge in [-0.3, -0.25) is 4.99 Å². The summed E-state index contributed by atoms with van der Waals surface area (Å²) in [5.74, 6) is 0.896. The average molecular weight is 243 g/mol. The molecule has 5 nitrogen and oxygen atoms in total. The molecule has 1 aliphatic heterocycles. The van der Waals surface area contributed by atoms with Crippen LogP contribution in [0.2, 0.25) is 0 Å². The molecule has 1 aliphatic rings. The monoisotopic (exact) mass is 243 g/mol. The number of ether oxygens (including phenoxy) is 2. The Balaban J connectivity index is 2.44. The molecular formula is C12H25N3O2. The van der Waals surface area contributed by atoms with Crippen molar-refractivity contribution in [3.63, 3.8) is 0 Å². The van der Waals surface area contributed by atoms with Crippen LogP contribution in [0.3, 0.4) is 0 Å². The summed E-state index contributed by atoms with van der Waals surface area (Å²) in [7, 11) is 1.72. The third-order valence-corrected chi connectivity index (χ3v) is 2.74. The number of hydrogen-bond acceptors (Lipinski definition) is 3. The molecule has 2 unspecified atom stereocenters. The van der Waals surface area contributed by atoms with Crippen LogP contribution >= 0.6 is 0 Å². The Morgan fingerprint density at radius 3 is 2.82 bits per heavy atom. The third kappa shape index (κ3) is 5.37. The number of aliphatic imine (C=N–C) groups is 1. The normalized spacial score (nSPS) is 26.9. The van der Waals surface area contributed by atoms with Gasteiger partial charge in [0, 0.05) is 31.7 Å². The summed E-state index contributed by atoms with van der Waals surface area (Å²) < 4.78 is 10.8. The van der Waals surface area contributed by atoms with E-state index in [-0.39, 0.29) is 11.6 Å². The fourth-order valence-corrected chi connectivity index (χ4v) is 1.86. The van der Waals surface area contributed by atoms with Crippen molar-refractivity contribution in [3.05, 3.63) is 0 Å². The van der Waals surface area contributed by atoms with Gasteiger partial charge in [-0.15, -0.1) is 0 Å².